The van der Waals surface area contributed by atoms with Crippen molar-refractivity contribution in [2.24, 2.45) is 0 Å². The molecule has 0 spiro atoms. The van der Waals surface area contributed by atoms with Crippen molar-refractivity contribution in [2.75, 3.05) is 0 Å². The van der Waals surface area contributed by atoms with E-state index in [-0.39, 0.29) is 0 Å². The highest BCUT2D eigenvalue weighted by atomic mass is 14.9. The highest BCUT2D eigenvalue weighted by molar-refractivity contribution is 5.78. The van der Waals surface area contributed by atoms with Crippen molar-refractivity contribution < 1.29 is 0 Å². The summed E-state index contributed by atoms with van der Waals surface area (Å²) >= 11 is 0. The first-order valence-electron chi connectivity index (χ1n) is 5.30. The minimum atomic E-state index is 1.09. The lowest BCUT2D eigenvalue weighted by Crippen LogP contribution is -1.93. The van der Waals surface area contributed by atoms with E-state index in [1.165, 1.54) is 17.3 Å². The number of nitrogens with zero attached hydrogens (tertiary/aromatic N) is 2. The van der Waals surface area contributed by atoms with Crippen LogP contribution in [0.1, 0.15) is 27.2 Å². The van der Waals surface area contributed by atoms with Gasteiger partial charge in [-0.1, -0.05) is 20.8 Å². The summed E-state index contributed by atoms with van der Waals surface area (Å²) in [7, 11) is 0. The van der Waals surface area contributed by atoms with E-state index in [9.17, 15) is 0 Å². The molecule has 0 saturated carbocycles. The molecule has 0 aliphatic heterocycles. The van der Waals surface area contributed by atoms with Crippen LogP contribution in [0, 0.1) is 0 Å². The Balaban J connectivity index is 0.000000461. The molecule has 2 heteroatoms. The van der Waals surface area contributed by atoms with Gasteiger partial charge in [0.05, 0.1) is 5.52 Å². The standard InChI is InChI=1S/C10H12N2.C2H6/c1-2-6-12-7-4-9-8-11-5-3-10(9)12;1-2/h3-5,7-8H,2,6H2,1H3;1-2H3. The lowest BCUT2D eigenvalue weighted by Gasteiger charge is -2.00. The smallest absolute Gasteiger partial charge is 0.0511 e. The zero-order valence-corrected chi connectivity index (χ0v) is 9.20. The number of hydrogen-bond acceptors (Lipinski definition) is 1. The zero-order chi connectivity index (χ0) is 10.4. The van der Waals surface area contributed by atoms with Crippen LogP contribution in [0.4, 0.5) is 0 Å². The second kappa shape index (κ2) is 5.43. The first kappa shape index (κ1) is 10.8. The van der Waals surface area contributed by atoms with Crippen LogP contribution in [0.25, 0.3) is 10.9 Å². The molecule has 14 heavy (non-hydrogen) atoms. The molecule has 2 heterocycles. The minimum absolute atomic E-state index is 1.09. The molecular weight excluding hydrogens is 172 g/mol. The van der Waals surface area contributed by atoms with Crippen molar-refractivity contribution in [3.63, 3.8) is 0 Å². The second-order valence-electron chi connectivity index (χ2n) is 2.94. The summed E-state index contributed by atoms with van der Waals surface area (Å²) in [6.07, 6.45) is 7.04. The maximum Gasteiger partial charge on any atom is 0.0511 e. The summed E-state index contributed by atoms with van der Waals surface area (Å²) in [6.45, 7) is 7.28. The first-order valence-corrected chi connectivity index (χ1v) is 5.30. The van der Waals surface area contributed by atoms with Crippen LogP contribution in [0.3, 0.4) is 0 Å². The molecule has 0 atom stereocenters. The highest BCUT2D eigenvalue weighted by Crippen LogP contribution is 2.13. The average molecular weight is 190 g/mol. The minimum Gasteiger partial charge on any atom is -0.347 e. The van der Waals surface area contributed by atoms with Crippen LogP contribution in [0.5, 0.6) is 0 Å². The Kier molecular flexibility index (Phi) is 4.17. The normalized spacial score (nSPS) is 9.64. The molecular formula is C12H18N2. The van der Waals surface area contributed by atoms with Gasteiger partial charge < -0.3 is 4.57 Å². The van der Waals surface area contributed by atoms with E-state index in [0.717, 1.165) is 6.54 Å². The molecule has 0 radical (unpaired) electrons. The van der Waals surface area contributed by atoms with Crippen molar-refractivity contribution in [1.29, 1.82) is 0 Å². The summed E-state index contributed by atoms with van der Waals surface area (Å²) in [5.74, 6) is 0. The Labute approximate surface area is 85.6 Å². The van der Waals surface area contributed by atoms with E-state index in [1.54, 1.807) is 0 Å². The molecule has 0 aromatic carbocycles. The third kappa shape index (κ3) is 2.13. The Morgan fingerprint density at radius 2 is 2.07 bits per heavy atom. The van der Waals surface area contributed by atoms with Gasteiger partial charge in [0.1, 0.15) is 0 Å². The Hall–Kier alpha value is -1.31. The van der Waals surface area contributed by atoms with Crippen LogP contribution in [0.2, 0.25) is 0 Å². The fourth-order valence-corrected chi connectivity index (χ4v) is 1.48. The number of pyridine rings is 1. The molecule has 0 N–H and O–H groups in total. The van der Waals surface area contributed by atoms with Crippen LogP contribution in [-0.2, 0) is 6.54 Å². The topological polar surface area (TPSA) is 17.8 Å². The van der Waals surface area contributed by atoms with Crippen molar-refractivity contribution in [1.82, 2.24) is 9.55 Å². The third-order valence-electron chi connectivity index (χ3n) is 2.04. The van der Waals surface area contributed by atoms with Crippen molar-refractivity contribution >= 4 is 10.9 Å². The van der Waals surface area contributed by atoms with E-state index >= 15 is 0 Å². The number of fused-ring (bicyclic) bond motifs is 1. The molecule has 0 fully saturated rings. The van der Waals surface area contributed by atoms with Crippen molar-refractivity contribution in [3.05, 3.63) is 30.7 Å². The Bertz CT molecular complexity index is 376. The summed E-state index contributed by atoms with van der Waals surface area (Å²) in [6, 6.07) is 4.17. The molecule has 76 valence electrons. The SMILES string of the molecule is CC.CCCn1ccc2cnccc21. The quantitative estimate of drug-likeness (QED) is 0.709. The van der Waals surface area contributed by atoms with E-state index < -0.39 is 0 Å². The van der Waals surface area contributed by atoms with Crippen LogP contribution >= 0.6 is 0 Å². The monoisotopic (exact) mass is 190 g/mol. The van der Waals surface area contributed by atoms with Gasteiger partial charge in [0, 0.05) is 30.5 Å². The van der Waals surface area contributed by atoms with Gasteiger partial charge in [-0.05, 0) is 18.6 Å². The van der Waals surface area contributed by atoms with Gasteiger partial charge in [0.25, 0.3) is 0 Å². The van der Waals surface area contributed by atoms with Crippen LogP contribution in [0.15, 0.2) is 30.7 Å². The van der Waals surface area contributed by atoms with Gasteiger partial charge in [-0.25, -0.2) is 0 Å². The highest BCUT2D eigenvalue weighted by Gasteiger charge is 1.97. The largest absolute Gasteiger partial charge is 0.347 e. The fraction of sp³-hybridized carbons (Fsp3) is 0.417. The maximum atomic E-state index is 4.07. The predicted molar refractivity (Wildman–Crippen MR) is 61.4 cm³/mol. The molecule has 0 saturated heterocycles. The van der Waals surface area contributed by atoms with Gasteiger partial charge >= 0.3 is 0 Å². The van der Waals surface area contributed by atoms with Crippen molar-refractivity contribution in [3.8, 4) is 0 Å². The van der Waals surface area contributed by atoms with Crippen molar-refractivity contribution in [2.45, 2.75) is 33.7 Å². The van der Waals surface area contributed by atoms with E-state index in [1.807, 2.05) is 26.2 Å². The molecule has 0 amide bonds. The molecule has 0 unspecified atom stereocenters. The molecule has 0 aliphatic carbocycles. The molecule has 0 aliphatic rings. The molecule has 2 nitrogen and oxygen atoms in total. The number of hydrogen-bond donors (Lipinski definition) is 0. The van der Waals surface area contributed by atoms with Gasteiger partial charge in [-0.2, -0.15) is 0 Å². The van der Waals surface area contributed by atoms with Gasteiger partial charge in [0.15, 0.2) is 0 Å². The zero-order valence-electron chi connectivity index (χ0n) is 9.20. The second-order valence-corrected chi connectivity index (χ2v) is 2.94. The van der Waals surface area contributed by atoms with E-state index in [2.05, 4.69) is 34.8 Å². The lowest BCUT2D eigenvalue weighted by molar-refractivity contribution is 0.703. The molecule has 2 rings (SSSR count). The summed E-state index contributed by atoms with van der Waals surface area (Å²) in [5, 5.41) is 1.23. The molecule has 2 aromatic heterocycles. The first-order chi connectivity index (χ1) is 6.92. The Morgan fingerprint density at radius 3 is 2.79 bits per heavy atom. The van der Waals surface area contributed by atoms with Gasteiger partial charge in [0.2, 0.25) is 0 Å². The number of rotatable bonds is 2. The van der Waals surface area contributed by atoms with Gasteiger partial charge in [-0.3, -0.25) is 4.98 Å². The summed E-state index contributed by atoms with van der Waals surface area (Å²) in [5.41, 5.74) is 1.28. The predicted octanol–water partition coefficient (Wildman–Crippen LogP) is 3.47. The van der Waals surface area contributed by atoms with E-state index in [0.29, 0.717) is 0 Å². The molecule has 0 bridgehead atoms. The number of aryl methyl sites for hydroxylation is 1. The van der Waals surface area contributed by atoms with E-state index in [4.69, 9.17) is 0 Å². The third-order valence-corrected chi connectivity index (χ3v) is 2.04. The maximum absolute atomic E-state index is 4.07. The summed E-state index contributed by atoms with van der Waals surface area (Å²) in [4.78, 5) is 4.07. The summed E-state index contributed by atoms with van der Waals surface area (Å²) < 4.78 is 2.26. The fourth-order valence-electron chi connectivity index (χ4n) is 1.48. The molecule has 2 aromatic rings. The number of aromatic nitrogens is 2. The van der Waals surface area contributed by atoms with Gasteiger partial charge in [-0.15, -0.1) is 0 Å². The lowest BCUT2D eigenvalue weighted by atomic mass is 10.3. The van der Waals surface area contributed by atoms with Crippen LogP contribution in [-0.4, -0.2) is 9.55 Å². The Morgan fingerprint density at radius 1 is 1.29 bits per heavy atom. The van der Waals surface area contributed by atoms with Crippen LogP contribution < -0.4 is 0 Å². The average Bonchev–Trinajstić information content (AvgIpc) is 2.66.